The van der Waals surface area contributed by atoms with Crippen LogP contribution in [0.2, 0.25) is 0 Å². The van der Waals surface area contributed by atoms with Gasteiger partial charge in [0, 0.05) is 32.9 Å². The molecule has 0 radical (unpaired) electrons. The third-order valence-corrected chi connectivity index (χ3v) is 4.85. The van der Waals surface area contributed by atoms with Crippen LogP contribution >= 0.6 is 0 Å². The molecular formula is C20H27N3. The van der Waals surface area contributed by atoms with Crippen molar-refractivity contribution in [1.29, 1.82) is 0 Å². The van der Waals surface area contributed by atoms with Crippen molar-refractivity contribution in [2.24, 2.45) is 5.92 Å². The van der Waals surface area contributed by atoms with Crippen LogP contribution in [0.4, 0.5) is 17.1 Å². The van der Waals surface area contributed by atoms with Crippen molar-refractivity contribution in [3.63, 3.8) is 0 Å². The second kappa shape index (κ2) is 6.95. The monoisotopic (exact) mass is 309 g/mol. The molecular weight excluding hydrogens is 282 g/mol. The van der Waals surface area contributed by atoms with Gasteiger partial charge in [0.2, 0.25) is 0 Å². The highest BCUT2D eigenvalue weighted by Crippen LogP contribution is 2.31. The Kier molecular flexibility index (Phi) is 4.75. The number of piperidine rings is 1. The van der Waals surface area contributed by atoms with Crippen molar-refractivity contribution in [3.05, 3.63) is 54.1 Å². The maximum absolute atomic E-state index is 6.28. The van der Waals surface area contributed by atoms with E-state index in [1.54, 1.807) is 0 Å². The van der Waals surface area contributed by atoms with E-state index in [9.17, 15) is 0 Å². The zero-order valence-electron chi connectivity index (χ0n) is 14.2. The van der Waals surface area contributed by atoms with Crippen molar-refractivity contribution in [2.45, 2.75) is 19.3 Å². The second-order valence-electron chi connectivity index (χ2n) is 6.76. The van der Waals surface area contributed by atoms with Crippen LogP contribution in [0.1, 0.15) is 18.4 Å². The molecule has 1 fully saturated rings. The van der Waals surface area contributed by atoms with Crippen molar-refractivity contribution >= 4 is 17.1 Å². The van der Waals surface area contributed by atoms with E-state index in [-0.39, 0.29) is 0 Å². The average Bonchev–Trinajstić information content (AvgIpc) is 2.56. The molecule has 122 valence electrons. The summed E-state index contributed by atoms with van der Waals surface area (Å²) in [6.45, 7) is 2.20. The molecule has 0 unspecified atom stereocenters. The average molecular weight is 309 g/mol. The van der Waals surface area contributed by atoms with Crippen LogP contribution in [-0.4, -0.2) is 27.2 Å². The van der Waals surface area contributed by atoms with Crippen LogP contribution < -0.4 is 15.5 Å². The minimum absolute atomic E-state index is 0.788. The van der Waals surface area contributed by atoms with Crippen LogP contribution in [0.15, 0.2) is 48.5 Å². The van der Waals surface area contributed by atoms with Crippen molar-refractivity contribution < 1.29 is 0 Å². The summed E-state index contributed by atoms with van der Waals surface area (Å²) < 4.78 is 0. The Morgan fingerprint density at radius 2 is 1.74 bits per heavy atom. The number of nitrogens with zero attached hydrogens (tertiary/aromatic N) is 2. The minimum Gasteiger partial charge on any atom is -0.397 e. The quantitative estimate of drug-likeness (QED) is 0.872. The molecule has 3 nitrogen and oxygen atoms in total. The zero-order chi connectivity index (χ0) is 16.2. The second-order valence-corrected chi connectivity index (χ2v) is 6.76. The van der Waals surface area contributed by atoms with E-state index in [0.717, 1.165) is 30.4 Å². The Hall–Kier alpha value is -2.16. The summed E-state index contributed by atoms with van der Waals surface area (Å²) in [5, 5.41) is 0. The largest absolute Gasteiger partial charge is 0.397 e. The zero-order valence-corrected chi connectivity index (χ0v) is 14.2. The molecule has 1 aliphatic rings. The van der Waals surface area contributed by atoms with Crippen LogP contribution in [0.25, 0.3) is 0 Å². The van der Waals surface area contributed by atoms with Gasteiger partial charge in [0.05, 0.1) is 11.4 Å². The smallest absolute Gasteiger partial charge is 0.0601 e. The first-order valence-electron chi connectivity index (χ1n) is 8.49. The lowest BCUT2D eigenvalue weighted by molar-refractivity contribution is 0.404. The molecule has 0 aromatic heterocycles. The fourth-order valence-electron chi connectivity index (χ4n) is 3.43. The summed E-state index contributed by atoms with van der Waals surface area (Å²) in [6, 6.07) is 17.2. The molecule has 3 heteroatoms. The molecule has 0 amide bonds. The summed E-state index contributed by atoms with van der Waals surface area (Å²) in [7, 11) is 4.09. The van der Waals surface area contributed by atoms with Gasteiger partial charge in [0.25, 0.3) is 0 Å². The molecule has 23 heavy (non-hydrogen) atoms. The van der Waals surface area contributed by atoms with Crippen molar-refractivity contribution in [2.75, 3.05) is 42.7 Å². The molecule has 1 heterocycles. The summed E-state index contributed by atoms with van der Waals surface area (Å²) in [6.07, 6.45) is 3.68. The van der Waals surface area contributed by atoms with Gasteiger partial charge in [0.1, 0.15) is 0 Å². The van der Waals surface area contributed by atoms with E-state index >= 15 is 0 Å². The number of rotatable bonds is 4. The number of nitrogens with two attached hydrogens (primary N) is 1. The number of hydrogen-bond donors (Lipinski definition) is 1. The van der Waals surface area contributed by atoms with E-state index < -0.39 is 0 Å². The van der Waals surface area contributed by atoms with E-state index in [2.05, 4.69) is 58.3 Å². The molecule has 0 bridgehead atoms. The Labute approximate surface area is 139 Å². The Bertz CT molecular complexity index is 629. The lowest BCUT2D eigenvalue weighted by Gasteiger charge is -2.34. The third kappa shape index (κ3) is 3.79. The number of benzene rings is 2. The molecule has 1 aliphatic heterocycles. The van der Waals surface area contributed by atoms with E-state index in [4.69, 9.17) is 5.73 Å². The van der Waals surface area contributed by atoms with Crippen LogP contribution in [0, 0.1) is 5.92 Å². The van der Waals surface area contributed by atoms with E-state index in [1.165, 1.54) is 30.5 Å². The lowest BCUT2D eigenvalue weighted by atomic mass is 9.90. The molecule has 1 saturated heterocycles. The molecule has 2 aromatic carbocycles. The van der Waals surface area contributed by atoms with Gasteiger partial charge in [-0.25, -0.2) is 0 Å². The molecule has 2 N–H and O–H groups in total. The minimum atomic E-state index is 0.788. The molecule has 0 aliphatic carbocycles. The molecule has 2 aromatic rings. The van der Waals surface area contributed by atoms with Gasteiger partial charge in [-0.2, -0.15) is 0 Å². The SMILES string of the molecule is CN(C)c1ccc(N2CCC(Cc3ccccc3)CC2)c(N)c1. The number of anilines is 3. The molecule has 0 saturated carbocycles. The standard InChI is InChI=1S/C20H27N3/c1-22(2)18-8-9-20(19(21)15-18)23-12-10-17(11-13-23)14-16-6-4-3-5-7-16/h3-9,15,17H,10-14,21H2,1-2H3. The van der Waals surface area contributed by atoms with Gasteiger partial charge in [-0.05, 0) is 48.9 Å². The molecule has 0 atom stereocenters. The predicted molar refractivity (Wildman–Crippen MR) is 100 cm³/mol. The van der Waals surface area contributed by atoms with Gasteiger partial charge in [-0.3, -0.25) is 0 Å². The highest BCUT2D eigenvalue weighted by atomic mass is 15.1. The van der Waals surface area contributed by atoms with Gasteiger partial charge in [0.15, 0.2) is 0 Å². The van der Waals surface area contributed by atoms with Gasteiger partial charge >= 0.3 is 0 Å². The highest BCUT2D eigenvalue weighted by Gasteiger charge is 2.21. The van der Waals surface area contributed by atoms with Crippen LogP contribution in [-0.2, 0) is 6.42 Å². The Morgan fingerprint density at radius 3 is 2.35 bits per heavy atom. The number of hydrogen-bond acceptors (Lipinski definition) is 3. The maximum atomic E-state index is 6.28. The first-order valence-corrected chi connectivity index (χ1v) is 8.49. The summed E-state index contributed by atoms with van der Waals surface area (Å²) in [4.78, 5) is 4.53. The Balaban J connectivity index is 1.60. The lowest BCUT2D eigenvalue weighted by Crippen LogP contribution is -2.34. The van der Waals surface area contributed by atoms with Crippen molar-refractivity contribution in [3.8, 4) is 0 Å². The third-order valence-electron chi connectivity index (χ3n) is 4.85. The van der Waals surface area contributed by atoms with Crippen LogP contribution in [0.3, 0.4) is 0 Å². The fourth-order valence-corrected chi connectivity index (χ4v) is 3.43. The number of nitrogen functional groups attached to an aromatic ring is 1. The first-order chi connectivity index (χ1) is 11.1. The van der Waals surface area contributed by atoms with E-state index in [1.807, 2.05) is 14.1 Å². The maximum Gasteiger partial charge on any atom is 0.0601 e. The highest BCUT2D eigenvalue weighted by molar-refractivity contribution is 5.73. The normalized spacial score (nSPS) is 15.7. The summed E-state index contributed by atoms with van der Waals surface area (Å²) >= 11 is 0. The topological polar surface area (TPSA) is 32.5 Å². The fraction of sp³-hybridized carbons (Fsp3) is 0.400. The Morgan fingerprint density at radius 1 is 1.04 bits per heavy atom. The molecule has 0 spiro atoms. The van der Waals surface area contributed by atoms with Gasteiger partial charge < -0.3 is 15.5 Å². The van der Waals surface area contributed by atoms with Gasteiger partial charge in [-0.1, -0.05) is 30.3 Å². The van der Waals surface area contributed by atoms with Crippen LogP contribution in [0.5, 0.6) is 0 Å². The predicted octanol–water partition coefficient (Wildman–Crippen LogP) is 3.79. The molecule has 3 rings (SSSR count). The first kappa shape index (κ1) is 15.7. The summed E-state index contributed by atoms with van der Waals surface area (Å²) in [5.41, 5.74) is 11.0. The summed E-state index contributed by atoms with van der Waals surface area (Å²) in [5.74, 6) is 0.788. The van der Waals surface area contributed by atoms with Gasteiger partial charge in [-0.15, -0.1) is 0 Å². The van der Waals surface area contributed by atoms with Crippen molar-refractivity contribution in [1.82, 2.24) is 0 Å². The van der Waals surface area contributed by atoms with E-state index in [0.29, 0.717) is 0 Å².